The van der Waals surface area contributed by atoms with E-state index in [1.807, 2.05) is 13.8 Å². The molecule has 78 valence electrons. The Morgan fingerprint density at radius 2 is 2.29 bits per heavy atom. The second-order valence-corrected chi connectivity index (χ2v) is 4.11. The number of hydrogen-bond donors (Lipinski definition) is 1. The third kappa shape index (κ3) is 3.02. The van der Waals surface area contributed by atoms with E-state index < -0.39 is 5.92 Å². The molecule has 3 nitrogen and oxygen atoms in total. The minimum absolute atomic E-state index is 0.0891. The maximum Gasteiger partial charge on any atom is 0.237 e. The number of nitrogens with one attached hydrogen (secondary N) is 1. The van der Waals surface area contributed by atoms with Crippen LogP contribution in [-0.2, 0) is 4.79 Å². The predicted octanol–water partition coefficient (Wildman–Crippen LogP) is 1.84. The summed E-state index contributed by atoms with van der Waals surface area (Å²) in [5.41, 5.74) is 0. The van der Waals surface area contributed by atoms with Gasteiger partial charge in [-0.3, -0.25) is 4.79 Å². The Hall–Kier alpha value is -1.04. The monoisotopic (exact) mass is 194 g/mol. The van der Waals surface area contributed by atoms with Crippen molar-refractivity contribution in [1.29, 1.82) is 5.26 Å². The molecular weight excluding hydrogens is 176 g/mol. The maximum atomic E-state index is 11.6. The SMILES string of the molecule is CCCC(C#N)C(=O)NC(C)C1CC1. The van der Waals surface area contributed by atoms with Gasteiger partial charge in [0.05, 0.1) is 6.07 Å². The molecule has 0 aromatic rings. The van der Waals surface area contributed by atoms with Crippen LogP contribution < -0.4 is 5.32 Å². The summed E-state index contributed by atoms with van der Waals surface area (Å²) in [7, 11) is 0. The molecule has 0 heterocycles. The van der Waals surface area contributed by atoms with Crippen LogP contribution in [0.2, 0.25) is 0 Å². The average molecular weight is 194 g/mol. The fraction of sp³-hybridized carbons (Fsp3) is 0.818. The van der Waals surface area contributed by atoms with Crippen molar-refractivity contribution in [2.75, 3.05) is 0 Å². The first-order valence-corrected chi connectivity index (χ1v) is 5.39. The number of hydrogen-bond acceptors (Lipinski definition) is 2. The number of nitrogens with zero attached hydrogens (tertiary/aromatic N) is 1. The van der Waals surface area contributed by atoms with Crippen LogP contribution in [0.5, 0.6) is 0 Å². The van der Waals surface area contributed by atoms with Gasteiger partial charge in [0.25, 0.3) is 0 Å². The molecule has 1 aliphatic rings. The summed E-state index contributed by atoms with van der Waals surface area (Å²) in [6.07, 6.45) is 3.97. The Bertz CT molecular complexity index is 240. The van der Waals surface area contributed by atoms with Crippen LogP contribution in [0.3, 0.4) is 0 Å². The van der Waals surface area contributed by atoms with Crippen LogP contribution in [0.15, 0.2) is 0 Å². The minimum atomic E-state index is -0.457. The van der Waals surface area contributed by atoms with E-state index in [4.69, 9.17) is 5.26 Å². The summed E-state index contributed by atoms with van der Waals surface area (Å²) < 4.78 is 0. The van der Waals surface area contributed by atoms with Crippen molar-refractivity contribution >= 4 is 5.91 Å². The number of carbonyl (C=O) groups is 1. The molecule has 0 aliphatic heterocycles. The standard InChI is InChI=1S/C11H18N2O/c1-3-4-10(7-12)11(14)13-8(2)9-5-6-9/h8-10H,3-6H2,1-2H3,(H,13,14). The molecule has 2 unspecified atom stereocenters. The summed E-state index contributed by atoms with van der Waals surface area (Å²) in [5.74, 6) is 0.106. The highest BCUT2D eigenvalue weighted by Gasteiger charge is 2.30. The van der Waals surface area contributed by atoms with Crippen LogP contribution in [0.4, 0.5) is 0 Å². The molecular formula is C11H18N2O. The fourth-order valence-corrected chi connectivity index (χ4v) is 1.58. The number of amides is 1. The Morgan fingerprint density at radius 1 is 1.64 bits per heavy atom. The third-order valence-electron chi connectivity index (χ3n) is 2.75. The van der Waals surface area contributed by atoms with Gasteiger partial charge in [-0.15, -0.1) is 0 Å². The Morgan fingerprint density at radius 3 is 2.71 bits per heavy atom. The summed E-state index contributed by atoms with van der Waals surface area (Å²) in [4.78, 5) is 11.6. The summed E-state index contributed by atoms with van der Waals surface area (Å²) >= 11 is 0. The Labute approximate surface area is 85.5 Å². The molecule has 0 aromatic heterocycles. The van der Waals surface area contributed by atoms with Crippen LogP contribution in [0.25, 0.3) is 0 Å². The Kier molecular flexibility index (Phi) is 3.94. The quantitative estimate of drug-likeness (QED) is 0.726. The van der Waals surface area contributed by atoms with E-state index >= 15 is 0 Å². The zero-order valence-corrected chi connectivity index (χ0v) is 8.92. The fourth-order valence-electron chi connectivity index (χ4n) is 1.58. The van der Waals surface area contributed by atoms with E-state index in [1.54, 1.807) is 0 Å². The van der Waals surface area contributed by atoms with Gasteiger partial charge in [-0.05, 0) is 32.1 Å². The minimum Gasteiger partial charge on any atom is -0.352 e. The summed E-state index contributed by atoms with van der Waals surface area (Å²) in [6.45, 7) is 4.01. The zero-order valence-electron chi connectivity index (χ0n) is 8.92. The van der Waals surface area contributed by atoms with Gasteiger partial charge >= 0.3 is 0 Å². The second kappa shape index (κ2) is 4.99. The zero-order chi connectivity index (χ0) is 10.6. The van der Waals surface area contributed by atoms with E-state index in [0.29, 0.717) is 12.3 Å². The first kappa shape index (κ1) is 11.0. The number of nitriles is 1. The van der Waals surface area contributed by atoms with Crippen molar-refractivity contribution in [3.8, 4) is 6.07 Å². The van der Waals surface area contributed by atoms with Gasteiger partial charge in [0.15, 0.2) is 0 Å². The maximum absolute atomic E-state index is 11.6. The highest BCUT2D eigenvalue weighted by Crippen LogP contribution is 2.32. The summed E-state index contributed by atoms with van der Waals surface area (Å²) in [5, 5.41) is 11.7. The van der Waals surface area contributed by atoms with Gasteiger partial charge < -0.3 is 5.32 Å². The van der Waals surface area contributed by atoms with Crippen LogP contribution in [0, 0.1) is 23.2 Å². The van der Waals surface area contributed by atoms with E-state index in [2.05, 4.69) is 11.4 Å². The molecule has 0 aromatic carbocycles. The molecule has 3 heteroatoms. The van der Waals surface area contributed by atoms with E-state index in [-0.39, 0.29) is 11.9 Å². The van der Waals surface area contributed by atoms with Crippen LogP contribution >= 0.6 is 0 Å². The van der Waals surface area contributed by atoms with Crippen LogP contribution in [0.1, 0.15) is 39.5 Å². The van der Waals surface area contributed by atoms with Crippen molar-refractivity contribution in [3.05, 3.63) is 0 Å². The topological polar surface area (TPSA) is 52.9 Å². The lowest BCUT2D eigenvalue weighted by Gasteiger charge is -2.15. The molecule has 14 heavy (non-hydrogen) atoms. The van der Waals surface area contributed by atoms with Gasteiger partial charge in [-0.2, -0.15) is 5.26 Å². The lowest BCUT2D eigenvalue weighted by Crippen LogP contribution is -2.38. The van der Waals surface area contributed by atoms with Crippen LogP contribution in [-0.4, -0.2) is 11.9 Å². The van der Waals surface area contributed by atoms with Crippen molar-refractivity contribution < 1.29 is 4.79 Å². The highest BCUT2D eigenvalue weighted by molar-refractivity contribution is 5.81. The molecule has 1 rings (SSSR count). The normalized spacial score (nSPS) is 19.5. The molecule has 0 radical (unpaired) electrons. The van der Waals surface area contributed by atoms with Gasteiger partial charge in [-0.1, -0.05) is 13.3 Å². The first-order valence-electron chi connectivity index (χ1n) is 5.39. The molecule has 0 spiro atoms. The van der Waals surface area contributed by atoms with Gasteiger partial charge in [0.1, 0.15) is 5.92 Å². The first-order chi connectivity index (χ1) is 6.69. The van der Waals surface area contributed by atoms with E-state index in [1.165, 1.54) is 12.8 Å². The highest BCUT2D eigenvalue weighted by atomic mass is 16.1. The van der Waals surface area contributed by atoms with Crippen molar-refractivity contribution in [2.24, 2.45) is 11.8 Å². The van der Waals surface area contributed by atoms with Gasteiger partial charge in [0, 0.05) is 6.04 Å². The van der Waals surface area contributed by atoms with E-state index in [9.17, 15) is 4.79 Å². The van der Waals surface area contributed by atoms with Gasteiger partial charge in [0.2, 0.25) is 5.91 Å². The van der Waals surface area contributed by atoms with Crippen molar-refractivity contribution in [1.82, 2.24) is 5.32 Å². The molecule has 1 amide bonds. The number of rotatable bonds is 5. The summed E-state index contributed by atoms with van der Waals surface area (Å²) in [6, 6.07) is 2.30. The Balaban J connectivity index is 2.34. The lowest BCUT2D eigenvalue weighted by atomic mass is 10.0. The average Bonchev–Trinajstić information content (AvgIpc) is 2.96. The van der Waals surface area contributed by atoms with Crippen molar-refractivity contribution in [3.63, 3.8) is 0 Å². The largest absolute Gasteiger partial charge is 0.352 e. The molecule has 2 atom stereocenters. The number of carbonyl (C=O) groups excluding carboxylic acids is 1. The molecule has 0 saturated heterocycles. The van der Waals surface area contributed by atoms with E-state index in [0.717, 1.165) is 6.42 Å². The second-order valence-electron chi connectivity index (χ2n) is 4.11. The molecule has 1 aliphatic carbocycles. The predicted molar refractivity (Wildman–Crippen MR) is 54.3 cm³/mol. The molecule has 1 N–H and O–H groups in total. The molecule has 1 saturated carbocycles. The lowest BCUT2D eigenvalue weighted by molar-refractivity contribution is -0.124. The molecule has 1 fully saturated rings. The van der Waals surface area contributed by atoms with Crippen molar-refractivity contribution in [2.45, 2.75) is 45.6 Å². The molecule has 0 bridgehead atoms. The van der Waals surface area contributed by atoms with Gasteiger partial charge in [-0.25, -0.2) is 0 Å². The third-order valence-corrected chi connectivity index (χ3v) is 2.75. The smallest absolute Gasteiger partial charge is 0.237 e.